The van der Waals surface area contributed by atoms with Gasteiger partial charge in [0.2, 0.25) is 5.91 Å². The Hall–Kier alpha value is -0.980. The molecular weight excluding hydrogens is 238 g/mol. The Labute approximate surface area is 105 Å². The Morgan fingerprint density at radius 2 is 2.59 bits per heavy atom. The molecule has 0 spiro atoms. The first-order chi connectivity index (χ1) is 8.20. The van der Waals surface area contributed by atoms with E-state index in [0.29, 0.717) is 0 Å². The van der Waals surface area contributed by atoms with E-state index >= 15 is 0 Å². The van der Waals surface area contributed by atoms with Crippen LogP contribution in [0.25, 0.3) is 0 Å². The standard InChI is InChI=1S/C11H17N3O2S/c1-7(11-12-3-4-17-11)14-10(15)9-5-8(16-2)6-13-9/h3-4,7-9,13H,5-6H2,1-2H3,(H,14,15). The van der Waals surface area contributed by atoms with Gasteiger partial charge in [-0.3, -0.25) is 4.79 Å². The number of hydrogen-bond donors (Lipinski definition) is 2. The lowest BCUT2D eigenvalue weighted by Gasteiger charge is -2.15. The fourth-order valence-corrected chi connectivity index (χ4v) is 2.55. The van der Waals surface area contributed by atoms with Crippen LogP contribution in [0, 0.1) is 0 Å². The van der Waals surface area contributed by atoms with E-state index in [1.165, 1.54) is 0 Å². The monoisotopic (exact) mass is 255 g/mol. The molecule has 2 N–H and O–H groups in total. The molecule has 2 rings (SSSR count). The summed E-state index contributed by atoms with van der Waals surface area (Å²) in [4.78, 5) is 16.1. The second-order valence-electron chi connectivity index (χ2n) is 4.15. The van der Waals surface area contributed by atoms with Crippen LogP contribution >= 0.6 is 11.3 Å². The lowest BCUT2D eigenvalue weighted by atomic mass is 10.2. The highest BCUT2D eigenvalue weighted by Crippen LogP contribution is 2.16. The largest absolute Gasteiger partial charge is 0.380 e. The summed E-state index contributed by atoms with van der Waals surface area (Å²) < 4.78 is 5.22. The smallest absolute Gasteiger partial charge is 0.237 e. The molecule has 17 heavy (non-hydrogen) atoms. The van der Waals surface area contributed by atoms with Crippen molar-refractivity contribution in [1.82, 2.24) is 15.6 Å². The number of rotatable bonds is 4. The van der Waals surface area contributed by atoms with Gasteiger partial charge in [0, 0.05) is 25.2 Å². The maximum Gasteiger partial charge on any atom is 0.237 e. The van der Waals surface area contributed by atoms with E-state index in [4.69, 9.17) is 4.74 Å². The van der Waals surface area contributed by atoms with Crippen molar-refractivity contribution in [2.75, 3.05) is 13.7 Å². The second-order valence-corrected chi connectivity index (χ2v) is 5.08. The van der Waals surface area contributed by atoms with Crippen LogP contribution < -0.4 is 10.6 Å². The molecule has 1 aliphatic rings. The van der Waals surface area contributed by atoms with E-state index in [2.05, 4.69) is 15.6 Å². The molecule has 0 saturated carbocycles. The van der Waals surface area contributed by atoms with E-state index in [9.17, 15) is 4.79 Å². The van der Waals surface area contributed by atoms with Gasteiger partial charge in [0.25, 0.3) is 0 Å². The highest BCUT2D eigenvalue weighted by atomic mass is 32.1. The predicted molar refractivity (Wildman–Crippen MR) is 65.9 cm³/mol. The van der Waals surface area contributed by atoms with Crippen LogP contribution in [-0.4, -0.2) is 36.7 Å². The summed E-state index contributed by atoms with van der Waals surface area (Å²) in [6.07, 6.45) is 2.62. The molecular formula is C11H17N3O2S. The van der Waals surface area contributed by atoms with Crippen molar-refractivity contribution < 1.29 is 9.53 Å². The summed E-state index contributed by atoms with van der Waals surface area (Å²) in [6, 6.07) is -0.187. The molecule has 1 aromatic rings. The number of nitrogens with zero attached hydrogens (tertiary/aromatic N) is 1. The Morgan fingerprint density at radius 3 is 3.18 bits per heavy atom. The van der Waals surface area contributed by atoms with Crippen molar-refractivity contribution in [1.29, 1.82) is 0 Å². The van der Waals surface area contributed by atoms with E-state index < -0.39 is 0 Å². The molecule has 6 heteroatoms. The zero-order valence-corrected chi connectivity index (χ0v) is 10.8. The van der Waals surface area contributed by atoms with Gasteiger partial charge in [-0.1, -0.05) is 0 Å². The van der Waals surface area contributed by atoms with Gasteiger partial charge in [0.1, 0.15) is 5.01 Å². The van der Waals surface area contributed by atoms with Crippen LogP contribution in [0.15, 0.2) is 11.6 Å². The van der Waals surface area contributed by atoms with Crippen molar-refractivity contribution in [2.24, 2.45) is 0 Å². The zero-order valence-electron chi connectivity index (χ0n) is 9.97. The van der Waals surface area contributed by atoms with E-state index in [0.717, 1.165) is 18.0 Å². The van der Waals surface area contributed by atoms with Crippen molar-refractivity contribution >= 4 is 17.2 Å². The summed E-state index contributed by atoms with van der Waals surface area (Å²) in [5.41, 5.74) is 0. The summed E-state index contributed by atoms with van der Waals surface area (Å²) in [5, 5.41) is 8.95. The third-order valence-electron chi connectivity index (χ3n) is 2.92. The Bertz CT molecular complexity index is 369. The lowest BCUT2D eigenvalue weighted by Crippen LogP contribution is -2.41. The zero-order chi connectivity index (χ0) is 12.3. The number of carbonyl (C=O) groups excluding carboxylic acids is 1. The Kier molecular flexibility index (Phi) is 4.09. The van der Waals surface area contributed by atoms with Gasteiger partial charge < -0.3 is 15.4 Å². The average molecular weight is 255 g/mol. The number of thiazole rings is 1. The number of hydrogen-bond acceptors (Lipinski definition) is 5. The van der Waals surface area contributed by atoms with Crippen molar-refractivity contribution in [3.63, 3.8) is 0 Å². The first-order valence-corrected chi connectivity index (χ1v) is 6.54. The lowest BCUT2D eigenvalue weighted by molar-refractivity contribution is -0.123. The minimum atomic E-state index is -0.151. The number of amides is 1. The molecule has 0 bridgehead atoms. The van der Waals surface area contributed by atoms with Crippen molar-refractivity contribution in [3.05, 3.63) is 16.6 Å². The third kappa shape index (κ3) is 3.02. The molecule has 1 aromatic heterocycles. The first-order valence-electron chi connectivity index (χ1n) is 5.66. The van der Waals surface area contributed by atoms with Crippen LogP contribution in [0.3, 0.4) is 0 Å². The van der Waals surface area contributed by atoms with Gasteiger partial charge in [0.05, 0.1) is 18.2 Å². The fourth-order valence-electron chi connectivity index (χ4n) is 1.91. The highest BCUT2D eigenvalue weighted by Gasteiger charge is 2.30. The quantitative estimate of drug-likeness (QED) is 0.831. The predicted octanol–water partition coefficient (Wildman–Crippen LogP) is 0.697. The summed E-state index contributed by atoms with van der Waals surface area (Å²) >= 11 is 1.55. The Morgan fingerprint density at radius 1 is 1.76 bits per heavy atom. The van der Waals surface area contributed by atoms with Gasteiger partial charge in [0.15, 0.2) is 0 Å². The van der Waals surface area contributed by atoms with Gasteiger partial charge in [-0.15, -0.1) is 11.3 Å². The first kappa shape index (κ1) is 12.5. The van der Waals surface area contributed by atoms with Crippen molar-refractivity contribution in [3.8, 4) is 0 Å². The molecule has 1 saturated heterocycles. The molecule has 1 amide bonds. The Balaban J connectivity index is 1.85. The average Bonchev–Trinajstić information content (AvgIpc) is 3.00. The minimum Gasteiger partial charge on any atom is -0.380 e. The summed E-state index contributed by atoms with van der Waals surface area (Å²) in [5.74, 6) is 0.0206. The summed E-state index contributed by atoms with van der Waals surface area (Å²) in [7, 11) is 1.67. The molecule has 0 aromatic carbocycles. The molecule has 94 valence electrons. The van der Waals surface area contributed by atoms with Crippen LogP contribution in [0.1, 0.15) is 24.4 Å². The van der Waals surface area contributed by atoms with Crippen molar-refractivity contribution in [2.45, 2.75) is 31.5 Å². The highest BCUT2D eigenvalue weighted by molar-refractivity contribution is 7.09. The van der Waals surface area contributed by atoms with E-state index in [1.807, 2.05) is 12.3 Å². The summed E-state index contributed by atoms with van der Waals surface area (Å²) in [6.45, 7) is 2.68. The van der Waals surface area contributed by atoms with Gasteiger partial charge in [-0.2, -0.15) is 0 Å². The molecule has 5 nitrogen and oxygen atoms in total. The van der Waals surface area contributed by atoms with E-state index in [-0.39, 0.29) is 24.1 Å². The maximum atomic E-state index is 12.0. The fraction of sp³-hybridized carbons (Fsp3) is 0.636. The van der Waals surface area contributed by atoms with Crippen LogP contribution in [0.5, 0.6) is 0 Å². The maximum absolute atomic E-state index is 12.0. The SMILES string of the molecule is COC1CNC(C(=O)NC(C)c2nccs2)C1. The van der Waals surface area contributed by atoms with Gasteiger partial charge in [-0.25, -0.2) is 4.98 Å². The van der Waals surface area contributed by atoms with Gasteiger partial charge in [-0.05, 0) is 13.3 Å². The number of aromatic nitrogens is 1. The molecule has 2 heterocycles. The second kappa shape index (κ2) is 5.57. The third-order valence-corrected chi connectivity index (χ3v) is 3.88. The van der Waals surface area contributed by atoms with Crippen LogP contribution in [0.4, 0.5) is 0 Å². The number of ether oxygens (including phenoxy) is 1. The molecule has 3 unspecified atom stereocenters. The van der Waals surface area contributed by atoms with Crippen LogP contribution in [-0.2, 0) is 9.53 Å². The number of carbonyl (C=O) groups is 1. The van der Waals surface area contributed by atoms with Crippen LogP contribution in [0.2, 0.25) is 0 Å². The van der Waals surface area contributed by atoms with Gasteiger partial charge >= 0.3 is 0 Å². The molecule has 1 aliphatic heterocycles. The number of nitrogens with one attached hydrogen (secondary N) is 2. The van der Waals surface area contributed by atoms with E-state index in [1.54, 1.807) is 24.6 Å². The molecule has 0 radical (unpaired) electrons. The molecule has 3 atom stereocenters. The normalized spacial score (nSPS) is 25.8. The molecule has 0 aliphatic carbocycles. The number of methoxy groups -OCH3 is 1. The molecule has 1 fully saturated rings. The minimum absolute atomic E-state index is 0.0206. The topological polar surface area (TPSA) is 63.2 Å².